The van der Waals surface area contributed by atoms with Crippen molar-refractivity contribution >= 4 is 20.3 Å². The zero-order valence-corrected chi connectivity index (χ0v) is 19.6. The second kappa shape index (κ2) is 10.5. The molecule has 1 aliphatic rings. The van der Waals surface area contributed by atoms with E-state index in [0.717, 1.165) is 19.4 Å². The zero-order valence-electron chi connectivity index (χ0n) is 18.6. The Morgan fingerprint density at radius 1 is 1.25 bits per heavy atom. The van der Waals surface area contributed by atoms with Gasteiger partial charge in [0, 0.05) is 13.2 Å². The first-order valence-electron chi connectivity index (χ1n) is 10.3. The predicted molar refractivity (Wildman–Crippen MR) is 113 cm³/mol. The lowest BCUT2D eigenvalue weighted by atomic mass is 9.69. The molecule has 0 aromatic heterocycles. The van der Waals surface area contributed by atoms with E-state index in [4.69, 9.17) is 9.47 Å². The van der Waals surface area contributed by atoms with Gasteiger partial charge in [0.1, 0.15) is 6.17 Å². The molecule has 3 unspecified atom stereocenters. The van der Waals surface area contributed by atoms with Crippen LogP contribution in [0.2, 0.25) is 25.2 Å². The second-order valence-corrected chi connectivity index (χ2v) is 15.9. The van der Waals surface area contributed by atoms with Crippen LogP contribution in [-0.2, 0) is 9.47 Å². The van der Waals surface area contributed by atoms with Crippen LogP contribution in [0.3, 0.4) is 0 Å². The first-order valence-corrected chi connectivity index (χ1v) is 13.9. The van der Waals surface area contributed by atoms with E-state index in [-0.39, 0.29) is 11.3 Å². The molecule has 1 heterocycles. The summed E-state index contributed by atoms with van der Waals surface area (Å²) in [4.78, 5) is 23.6. The number of rotatable bonds is 8. The van der Waals surface area contributed by atoms with Crippen molar-refractivity contribution in [1.29, 1.82) is 0 Å². The third kappa shape index (κ3) is 8.81. The number of ether oxygens (including phenoxy) is 2. The van der Waals surface area contributed by atoms with E-state index in [2.05, 4.69) is 58.0 Å². The standard InChI is InChI=1S/C20H40N2O5Si/c1-14(28(5,6)7)12-27-19(25)22-17(21-18(23)24)11-16(20(2,3)4)15-9-8-10-26-13-15/h14-17,21H,8-13H2,1-7H3,(H,22,25)(H,23,24)/t14?,15?,16-,17?/m0/s1. The van der Waals surface area contributed by atoms with Gasteiger partial charge in [-0.1, -0.05) is 47.3 Å². The Morgan fingerprint density at radius 3 is 2.36 bits per heavy atom. The average molecular weight is 417 g/mol. The molecule has 7 nitrogen and oxygen atoms in total. The summed E-state index contributed by atoms with van der Waals surface area (Å²) in [7, 11) is -1.40. The van der Waals surface area contributed by atoms with Crippen LogP contribution in [-0.4, -0.2) is 51.4 Å². The highest BCUT2D eigenvalue weighted by Crippen LogP contribution is 2.39. The molecular weight excluding hydrogens is 376 g/mol. The summed E-state index contributed by atoms with van der Waals surface area (Å²) in [5, 5.41) is 14.4. The summed E-state index contributed by atoms with van der Waals surface area (Å²) in [5.74, 6) is 0.544. The van der Waals surface area contributed by atoms with Gasteiger partial charge in [-0.3, -0.25) is 0 Å². The predicted octanol–water partition coefficient (Wildman–Crippen LogP) is 4.51. The third-order valence-electron chi connectivity index (χ3n) is 5.90. The number of hydrogen-bond donors (Lipinski definition) is 3. The number of carbonyl (C=O) groups excluding carboxylic acids is 1. The van der Waals surface area contributed by atoms with E-state index in [1.165, 1.54) is 0 Å². The number of carboxylic acid groups (broad SMARTS) is 1. The lowest BCUT2D eigenvalue weighted by Crippen LogP contribution is -2.51. The summed E-state index contributed by atoms with van der Waals surface area (Å²) in [5.41, 5.74) is 0.285. The Kier molecular flexibility index (Phi) is 9.27. The van der Waals surface area contributed by atoms with Gasteiger partial charge in [-0.25, -0.2) is 9.59 Å². The Morgan fingerprint density at radius 2 is 1.89 bits per heavy atom. The van der Waals surface area contributed by atoms with Crippen molar-refractivity contribution in [3.63, 3.8) is 0 Å². The Labute approximate surface area is 170 Å². The molecule has 0 radical (unpaired) electrons. The Bertz CT molecular complexity index is 510. The minimum absolute atomic E-state index is 0.0399. The van der Waals surface area contributed by atoms with Crippen LogP contribution in [0.25, 0.3) is 0 Å². The fourth-order valence-electron chi connectivity index (χ4n) is 3.53. The minimum Gasteiger partial charge on any atom is -0.465 e. The van der Waals surface area contributed by atoms with Crippen LogP contribution in [0.1, 0.15) is 47.0 Å². The van der Waals surface area contributed by atoms with Gasteiger partial charge >= 0.3 is 12.2 Å². The zero-order chi connectivity index (χ0) is 21.5. The number of hydrogen-bond acceptors (Lipinski definition) is 4. The molecular formula is C20H40N2O5Si. The highest BCUT2D eigenvalue weighted by molar-refractivity contribution is 6.77. The Hall–Kier alpha value is -1.28. The van der Waals surface area contributed by atoms with E-state index < -0.39 is 26.4 Å². The second-order valence-electron chi connectivity index (χ2n) is 10.2. The Balaban J connectivity index is 2.76. The van der Waals surface area contributed by atoms with Crippen molar-refractivity contribution in [1.82, 2.24) is 10.6 Å². The van der Waals surface area contributed by atoms with Crippen molar-refractivity contribution in [2.75, 3.05) is 19.8 Å². The van der Waals surface area contributed by atoms with Crippen molar-refractivity contribution in [2.45, 2.75) is 78.3 Å². The molecule has 0 aliphatic carbocycles. The van der Waals surface area contributed by atoms with Gasteiger partial charge in [-0.2, -0.15) is 0 Å². The number of carbonyl (C=O) groups is 2. The normalized spacial score (nSPS) is 21.3. The van der Waals surface area contributed by atoms with Crippen molar-refractivity contribution in [3.8, 4) is 0 Å². The minimum atomic E-state index is -1.40. The van der Waals surface area contributed by atoms with Gasteiger partial charge < -0.3 is 25.2 Å². The van der Waals surface area contributed by atoms with Gasteiger partial charge in [-0.15, -0.1) is 0 Å². The maximum Gasteiger partial charge on any atom is 0.408 e. The van der Waals surface area contributed by atoms with Gasteiger partial charge in [-0.05, 0) is 42.1 Å². The summed E-state index contributed by atoms with van der Waals surface area (Å²) < 4.78 is 11.0. The number of nitrogens with one attached hydrogen (secondary N) is 2. The molecule has 0 aromatic rings. The largest absolute Gasteiger partial charge is 0.465 e. The van der Waals surface area contributed by atoms with Gasteiger partial charge in [0.15, 0.2) is 0 Å². The van der Waals surface area contributed by atoms with Crippen LogP contribution in [0, 0.1) is 17.3 Å². The molecule has 0 bridgehead atoms. The maximum absolute atomic E-state index is 12.3. The number of amides is 2. The maximum atomic E-state index is 12.3. The van der Waals surface area contributed by atoms with E-state index >= 15 is 0 Å². The van der Waals surface area contributed by atoms with Crippen molar-refractivity contribution < 1.29 is 24.2 Å². The first kappa shape index (κ1) is 24.8. The molecule has 0 aromatic carbocycles. The highest BCUT2D eigenvalue weighted by atomic mass is 28.3. The number of alkyl carbamates (subject to hydrolysis) is 1. The molecule has 2 amide bonds. The smallest absolute Gasteiger partial charge is 0.408 e. The van der Waals surface area contributed by atoms with Crippen molar-refractivity contribution in [3.05, 3.63) is 0 Å². The van der Waals surface area contributed by atoms with Crippen LogP contribution in [0.5, 0.6) is 0 Å². The molecule has 4 atom stereocenters. The molecule has 1 saturated heterocycles. The summed E-state index contributed by atoms with van der Waals surface area (Å²) in [6.45, 7) is 17.0. The molecule has 8 heteroatoms. The van der Waals surface area contributed by atoms with Gasteiger partial charge in [0.2, 0.25) is 0 Å². The monoisotopic (exact) mass is 416 g/mol. The summed E-state index contributed by atoms with van der Waals surface area (Å²) >= 11 is 0. The molecule has 1 fully saturated rings. The quantitative estimate of drug-likeness (QED) is 0.399. The average Bonchev–Trinajstić information content (AvgIpc) is 2.55. The van der Waals surface area contributed by atoms with Crippen LogP contribution >= 0.6 is 0 Å². The lowest BCUT2D eigenvalue weighted by molar-refractivity contribution is -0.00486. The van der Waals surface area contributed by atoms with Crippen molar-refractivity contribution in [2.24, 2.45) is 17.3 Å². The van der Waals surface area contributed by atoms with E-state index in [1.807, 2.05) is 0 Å². The third-order valence-corrected chi connectivity index (χ3v) is 9.02. The molecule has 1 rings (SSSR count). The molecule has 28 heavy (non-hydrogen) atoms. The summed E-state index contributed by atoms with van der Waals surface area (Å²) in [6, 6.07) is 0. The van der Waals surface area contributed by atoms with Crippen LogP contribution < -0.4 is 10.6 Å². The lowest BCUT2D eigenvalue weighted by Gasteiger charge is -2.40. The first-order chi connectivity index (χ1) is 12.8. The molecule has 164 valence electrons. The van der Waals surface area contributed by atoms with E-state index in [9.17, 15) is 14.7 Å². The summed E-state index contributed by atoms with van der Waals surface area (Å²) in [6.07, 6.45) is 0.142. The fourth-order valence-corrected chi connectivity index (χ4v) is 4.11. The molecule has 3 N–H and O–H groups in total. The van der Waals surface area contributed by atoms with Gasteiger partial charge in [0.25, 0.3) is 0 Å². The van der Waals surface area contributed by atoms with E-state index in [0.29, 0.717) is 31.1 Å². The topological polar surface area (TPSA) is 96.9 Å². The van der Waals surface area contributed by atoms with Crippen LogP contribution in [0.15, 0.2) is 0 Å². The van der Waals surface area contributed by atoms with Gasteiger partial charge in [0.05, 0.1) is 14.7 Å². The molecule has 0 spiro atoms. The van der Waals surface area contributed by atoms with E-state index in [1.54, 1.807) is 0 Å². The molecule has 1 aliphatic heterocycles. The van der Waals surface area contributed by atoms with Crippen LogP contribution in [0.4, 0.5) is 9.59 Å². The fraction of sp³-hybridized carbons (Fsp3) is 0.900. The molecule has 0 saturated carbocycles. The SMILES string of the molecule is CC(COC(=O)NC(C[C@@H](C1CCCOC1)C(C)(C)C)NC(=O)O)[Si](C)(C)C. The highest BCUT2D eigenvalue weighted by Gasteiger charge is 2.36.